The highest BCUT2D eigenvalue weighted by molar-refractivity contribution is 7.98. The number of aryl methyl sites for hydroxylation is 1. The van der Waals surface area contributed by atoms with Crippen LogP contribution in [0.3, 0.4) is 0 Å². The average Bonchev–Trinajstić information content (AvgIpc) is 3.06. The monoisotopic (exact) mass is 402 g/mol. The maximum absolute atomic E-state index is 12.0. The summed E-state index contributed by atoms with van der Waals surface area (Å²) in [6.07, 6.45) is 7.00. The van der Waals surface area contributed by atoms with Crippen molar-refractivity contribution in [2.24, 2.45) is 5.92 Å². The quantitative estimate of drug-likeness (QED) is 0.352. The lowest BCUT2D eigenvalue weighted by Crippen LogP contribution is -2.23. The third kappa shape index (κ3) is 7.03. The normalized spacial score (nSPS) is 11.3. The van der Waals surface area contributed by atoms with E-state index in [2.05, 4.69) is 33.9 Å². The molecule has 2 aromatic rings. The van der Waals surface area contributed by atoms with Crippen LogP contribution in [0.1, 0.15) is 38.6 Å². The van der Waals surface area contributed by atoms with Crippen LogP contribution in [0, 0.1) is 5.92 Å². The first kappa shape index (κ1) is 22.0. The predicted octanol–water partition coefficient (Wildman–Crippen LogP) is 3.82. The van der Waals surface area contributed by atoms with Crippen LogP contribution in [0.25, 0.3) is 6.08 Å². The zero-order chi connectivity index (χ0) is 20.4. The van der Waals surface area contributed by atoms with E-state index in [1.165, 1.54) is 0 Å². The van der Waals surface area contributed by atoms with Crippen molar-refractivity contribution in [3.8, 4) is 5.75 Å². The third-order valence-electron chi connectivity index (χ3n) is 4.02. The summed E-state index contributed by atoms with van der Waals surface area (Å²) in [6.45, 7) is 8.49. The van der Waals surface area contributed by atoms with E-state index < -0.39 is 0 Å². The maximum Gasteiger partial charge on any atom is 0.243 e. The van der Waals surface area contributed by atoms with Crippen molar-refractivity contribution in [1.82, 2.24) is 20.1 Å². The molecule has 1 N–H and O–H groups in total. The van der Waals surface area contributed by atoms with Gasteiger partial charge in [-0.25, -0.2) is 0 Å². The van der Waals surface area contributed by atoms with Crippen molar-refractivity contribution in [2.45, 2.75) is 45.3 Å². The van der Waals surface area contributed by atoms with E-state index in [4.69, 9.17) is 4.74 Å². The molecular formula is C21H30N4O2S. The van der Waals surface area contributed by atoms with Crippen LogP contribution < -0.4 is 10.1 Å². The molecule has 6 nitrogen and oxygen atoms in total. The van der Waals surface area contributed by atoms with Crippen molar-refractivity contribution >= 4 is 23.7 Å². The van der Waals surface area contributed by atoms with Gasteiger partial charge in [0.15, 0.2) is 5.16 Å². The molecule has 152 valence electrons. The van der Waals surface area contributed by atoms with Gasteiger partial charge in [-0.15, -0.1) is 10.2 Å². The van der Waals surface area contributed by atoms with Crippen LogP contribution in [0.5, 0.6) is 5.75 Å². The Morgan fingerprint density at radius 2 is 2.04 bits per heavy atom. The van der Waals surface area contributed by atoms with Gasteiger partial charge in [-0.05, 0) is 49.3 Å². The summed E-state index contributed by atoms with van der Waals surface area (Å²) in [5.41, 5.74) is 0.963. The summed E-state index contributed by atoms with van der Waals surface area (Å²) < 4.78 is 7.59. The second-order valence-electron chi connectivity index (χ2n) is 6.84. The Hall–Kier alpha value is -2.28. The van der Waals surface area contributed by atoms with E-state index in [0.29, 0.717) is 19.1 Å². The summed E-state index contributed by atoms with van der Waals surface area (Å²) in [5.74, 6) is 2.26. The maximum atomic E-state index is 12.0. The van der Waals surface area contributed by atoms with E-state index in [1.54, 1.807) is 23.9 Å². The number of nitrogens with zero attached hydrogens (tertiary/aromatic N) is 3. The molecule has 1 aromatic heterocycles. The Morgan fingerprint density at radius 3 is 2.68 bits per heavy atom. The first-order valence-electron chi connectivity index (χ1n) is 9.68. The van der Waals surface area contributed by atoms with Crippen LogP contribution >= 0.6 is 11.8 Å². The Labute approximate surface area is 171 Å². The lowest BCUT2D eigenvalue weighted by molar-refractivity contribution is -0.116. The van der Waals surface area contributed by atoms with Crippen molar-refractivity contribution < 1.29 is 9.53 Å². The van der Waals surface area contributed by atoms with Crippen molar-refractivity contribution in [3.63, 3.8) is 0 Å². The minimum atomic E-state index is -0.0951. The molecule has 0 spiro atoms. The molecule has 0 aliphatic carbocycles. The Balaban J connectivity index is 1.77. The van der Waals surface area contributed by atoms with E-state index in [-0.39, 0.29) is 5.91 Å². The topological polar surface area (TPSA) is 69.0 Å². The zero-order valence-corrected chi connectivity index (χ0v) is 18.0. The molecule has 0 saturated heterocycles. The standard InChI is InChI=1S/C21H30N4O2S/c1-5-27-18-11-8-17(9-12-18)10-13-20(26)22-14-6-7-19-23-24-21(28-4)25(19)15-16(2)3/h8-13,16H,5-7,14-15H2,1-4H3,(H,22,26). The number of thioether (sulfide) groups is 1. The van der Waals surface area contributed by atoms with Crippen LogP contribution in [0.2, 0.25) is 0 Å². The molecule has 0 aliphatic heterocycles. The summed E-state index contributed by atoms with van der Waals surface area (Å²) in [5, 5.41) is 12.4. The van der Waals surface area contributed by atoms with Crippen molar-refractivity contribution in [3.05, 3.63) is 41.7 Å². The molecule has 28 heavy (non-hydrogen) atoms. The second-order valence-corrected chi connectivity index (χ2v) is 7.61. The van der Waals surface area contributed by atoms with Gasteiger partial charge in [0.05, 0.1) is 6.61 Å². The van der Waals surface area contributed by atoms with E-state index in [0.717, 1.165) is 41.7 Å². The van der Waals surface area contributed by atoms with E-state index in [9.17, 15) is 4.79 Å². The summed E-state index contributed by atoms with van der Waals surface area (Å²) in [4.78, 5) is 12.0. The Kier molecular flexibility index (Phi) is 9.07. The number of hydrogen-bond acceptors (Lipinski definition) is 5. The number of aromatic nitrogens is 3. The van der Waals surface area contributed by atoms with Crippen LogP contribution in [0.15, 0.2) is 35.5 Å². The predicted molar refractivity (Wildman–Crippen MR) is 115 cm³/mol. The van der Waals surface area contributed by atoms with Crippen molar-refractivity contribution in [1.29, 1.82) is 0 Å². The first-order chi connectivity index (χ1) is 13.5. The van der Waals surface area contributed by atoms with Crippen molar-refractivity contribution in [2.75, 3.05) is 19.4 Å². The lowest BCUT2D eigenvalue weighted by Gasteiger charge is -2.11. The molecular weight excluding hydrogens is 372 g/mol. The van der Waals surface area contributed by atoms with Gasteiger partial charge in [0.25, 0.3) is 0 Å². The van der Waals surface area contributed by atoms with Gasteiger partial charge in [0.2, 0.25) is 5.91 Å². The summed E-state index contributed by atoms with van der Waals surface area (Å²) in [7, 11) is 0. The summed E-state index contributed by atoms with van der Waals surface area (Å²) in [6, 6.07) is 7.66. The Morgan fingerprint density at radius 1 is 1.29 bits per heavy atom. The molecule has 1 aromatic carbocycles. The largest absolute Gasteiger partial charge is 0.494 e. The molecule has 0 saturated carbocycles. The fraction of sp³-hybridized carbons (Fsp3) is 0.476. The first-order valence-corrected chi connectivity index (χ1v) is 10.9. The molecule has 0 aliphatic rings. The number of carbonyl (C=O) groups is 1. The molecule has 7 heteroatoms. The van der Waals surface area contributed by atoms with Gasteiger partial charge in [-0.3, -0.25) is 4.79 Å². The molecule has 1 amide bonds. The summed E-state index contributed by atoms with van der Waals surface area (Å²) >= 11 is 1.61. The number of rotatable bonds is 11. The molecule has 0 fully saturated rings. The number of nitrogens with one attached hydrogen (secondary N) is 1. The van der Waals surface area contributed by atoms with Crippen LogP contribution in [0.4, 0.5) is 0 Å². The minimum absolute atomic E-state index is 0.0951. The molecule has 0 unspecified atom stereocenters. The zero-order valence-electron chi connectivity index (χ0n) is 17.1. The SMILES string of the molecule is CCOc1ccc(C=CC(=O)NCCCc2nnc(SC)n2CC(C)C)cc1. The molecule has 0 atom stereocenters. The van der Waals surface area contributed by atoms with Crippen LogP contribution in [-0.4, -0.2) is 40.1 Å². The number of carbonyl (C=O) groups excluding carboxylic acids is 1. The highest BCUT2D eigenvalue weighted by Gasteiger charge is 2.12. The van der Waals surface area contributed by atoms with Gasteiger partial charge in [0.1, 0.15) is 11.6 Å². The van der Waals surface area contributed by atoms with Gasteiger partial charge in [-0.1, -0.05) is 37.7 Å². The number of ether oxygens (including phenoxy) is 1. The smallest absolute Gasteiger partial charge is 0.243 e. The van der Waals surface area contributed by atoms with Gasteiger partial charge < -0.3 is 14.6 Å². The molecule has 0 radical (unpaired) electrons. The number of benzene rings is 1. The van der Waals surface area contributed by atoms with Crippen LogP contribution in [-0.2, 0) is 17.8 Å². The molecule has 1 heterocycles. The average molecular weight is 403 g/mol. The molecule has 0 bridgehead atoms. The van der Waals surface area contributed by atoms with E-state index in [1.807, 2.05) is 37.4 Å². The lowest BCUT2D eigenvalue weighted by atomic mass is 10.2. The molecule has 2 rings (SSSR count). The highest BCUT2D eigenvalue weighted by Crippen LogP contribution is 2.16. The van der Waals surface area contributed by atoms with Gasteiger partial charge in [0, 0.05) is 25.6 Å². The van der Waals surface area contributed by atoms with Gasteiger partial charge >= 0.3 is 0 Å². The third-order valence-corrected chi connectivity index (χ3v) is 4.69. The fourth-order valence-electron chi connectivity index (χ4n) is 2.73. The fourth-order valence-corrected chi connectivity index (χ4v) is 3.26. The number of amides is 1. The van der Waals surface area contributed by atoms with E-state index >= 15 is 0 Å². The van der Waals surface area contributed by atoms with Gasteiger partial charge in [-0.2, -0.15) is 0 Å². The second kappa shape index (κ2) is 11.5. The highest BCUT2D eigenvalue weighted by atomic mass is 32.2. The number of hydrogen-bond donors (Lipinski definition) is 1. The minimum Gasteiger partial charge on any atom is -0.494 e. The Bertz CT molecular complexity index is 769.